The molecule has 0 bridgehead atoms. The monoisotopic (exact) mass is 255 g/mol. The van der Waals surface area contributed by atoms with Crippen LogP contribution in [0, 0.1) is 6.92 Å². The molecule has 1 N–H and O–H groups in total. The number of hydrogen-bond donors (Lipinski definition) is 1. The third kappa shape index (κ3) is 3.36. The van der Waals surface area contributed by atoms with Gasteiger partial charge in [0.25, 0.3) is 0 Å². The lowest BCUT2D eigenvalue weighted by atomic mass is 9.97. The highest BCUT2D eigenvalue weighted by molar-refractivity contribution is 5.68. The molecule has 0 spiro atoms. The Morgan fingerprint density at radius 2 is 1.79 bits per heavy atom. The third-order valence-electron chi connectivity index (χ3n) is 3.11. The molecule has 19 heavy (non-hydrogen) atoms. The van der Waals surface area contributed by atoms with Gasteiger partial charge in [0.1, 0.15) is 5.75 Å². The van der Waals surface area contributed by atoms with Crippen molar-refractivity contribution in [3.8, 4) is 16.9 Å². The quantitative estimate of drug-likeness (QED) is 0.878. The van der Waals surface area contributed by atoms with Crippen LogP contribution >= 0.6 is 0 Å². The van der Waals surface area contributed by atoms with Crippen LogP contribution in [0.1, 0.15) is 18.1 Å². The summed E-state index contributed by atoms with van der Waals surface area (Å²) in [6.07, 6.45) is 0. The molecule has 0 heterocycles. The first-order chi connectivity index (χ1) is 9.24. The Balaban J connectivity index is 2.36. The Bertz CT molecular complexity index is 531. The summed E-state index contributed by atoms with van der Waals surface area (Å²) in [7, 11) is 1.97. The van der Waals surface area contributed by atoms with E-state index < -0.39 is 0 Å². The lowest BCUT2D eigenvalue weighted by Gasteiger charge is -2.11. The van der Waals surface area contributed by atoms with Gasteiger partial charge in [-0.1, -0.05) is 35.9 Å². The summed E-state index contributed by atoms with van der Waals surface area (Å²) in [5.41, 5.74) is 5.12. The molecular formula is C17H21NO. The topological polar surface area (TPSA) is 21.3 Å². The van der Waals surface area contributed by atoms with Crippen molar-refractivity contribution in [1.29, 1.82) is 0 Å². The number of aryl methyl sites for hydroxylation is 1. The molecule has 0 saturated heterocycles. The second-order valence-corrected chi connectivity index (χ2v) is 4.65. The van der Waals surface area contributed by atoms with Gasteiger partial charge in [-0.25, -0.2) is 0 Å². The van der Waals surface area contributed by atoms with Gasteiger partial charge in [0, 0.05) is 6.54 Å². The van der Waals surface area contributed by atoms with Crippen LogP contribution in [0.15, 0.2) is 42.5 Å². The highest BCUT2D eigenvalue weighted by Crippen LogP contribution is 2.27. The molecule has 0 amide bonds. The minimum atomic E-state index is 0.703. The van der Waals surface area contributed by atoms with Crippen molar-refractivity contribution >= 4 is 0 Å². The van der Waals surface area contributed by atoms with E-state index in [9.17, 15) is 0 Å². The van der Waals surface area contributed by atoms with Gasteiger partial charge in [0.2, 0.25) is 0 Å². The molecule has 0 atom stereocenters. The molecule has 2 heteroatoms. The van der Waals surface area contributed by atoms with E-state index in [0.717, 1.165) is 12.3 Å². The van der Waals surface area contributed by atoms with Crippen LogP contribution in [-0.4, -0.2) is 13.7 Å². The van der Waals surface area contributed by atoms with Gasteiger partial charge >= 0.3 is 0 Å². The van der Waals surface area contributed by atoms with Gasteiger partial charge in [-0.05, 0) is 49.7 Å². The molecule has 0 aliphatic rings. The Hall–Kier alpha value is -1.80. The van der Waals surface area contributed by atoms with Gasteiger partial charge in [0.15, 0.2) is 0 Å². The van der Waals surface area contributed by atoms with Crippen molar-refractivity contribution in [3.63, 3.8) is 0 Å². The zero-order chi connectivity index (χ0) is 13.7. The van der Waals surface area contributed by atoms with Crippen LogP contribution in [-0.2, 0) is 6.54 Å². The lowest BCUT2D eigenvalue weighted by molar-refractivity contribution is 0.340. The maximum Gasteiger partial charge on any atom is 0.119 e. The first kappa shape index (κ1) is 13.6. The normalized spacial score (nSPS) is 10.5. The average molecular weight is 255 g/mol. The number of hydrogen-bond acceptors (Lipinski definition) is 2. The summed E-state index contributed by atoms with van der Waals surface area (Å²) in [5.74, 6) is 0.925. The molecule has 0 fully saturated rings. The van der Waals surface area contributed by atoms with Crippen molar-refractivity contribution in [2.45, 2.75) is 20.4 Å². The highest BCUT2D eigenvalue weighted by atomic mass is 16.5. The standard InChI is InChI=1S/C17H21NO/c1-4-19-16-9-7-14(8-10-16)17-11-13(2)5-6-15(17)12-18-3/h5-11,18H,4,12H2,1-3H3. The second kappa shape index (κ2) is 6.39. The Morgan fingerprint density at radius 3 is 2.42 bits per heavy atom. The molecule has 2 aromatic rings. The van der Waals surface area contributed by atoms with Crippen molar-refractivity contribution in [2.24, 2.45) is 0 Å². The summed E-state index contributed by atoms with van der Waals surface area (Å²) in [4.78, 5) is 0. The van der Waals surface area contributed by atoms with E-state index in [0.29, 0.717) is 6.61 Å². The number of benzene rings is 2. The molecule has 2 aromatic carbocycles. The van der Waals surface area contributed by atoms with E-state index in [2.05, 4.69) is 42.6 Å². The van der Waals surface area contributed by atoms with E-state index in [1.807, 2.05) is 26.1 Å². The van der Waals surface area contributed by atoms with E-state index in [1.54, 1.807) is 0 Å². The molecule has 0 aromatic heterocycles. The number of nitrogens with one attached hydrogen (secondary N) is 1. The highest BCUT2D eigenvalue weighted by Gasteiger charge is 2.05. The molecule has 100 valence electrons. The first-order valence-corrected chi connectivity index (χ1v) is 6.72. The summed E-state index contributed by atoms with van der Waals surface area (Å²) >= 11 is 0. The van der Waals surface area contributed by atoms with Crippen molar-refractivity contribution < 1.29 is 4.74 Å². The van der Waals surface area contributed by atoms with Gasteiger partial charge in [-0.15, -0.1) is 0 Å². The predicted molar refractivity (Wildman–Crippen MR) is 80.5 cm³/mol. The molecule has 2 rings (SSSR count). The Morgan fingerprint density at radius 1 is 1.05 bits per heavy atom. The van der Waals surface area contributed by atoms with Crippen LogP contribution in [0.3, 0.4) is 0 Å². The van der Waals surface area contributed by atoms with Crippen molar-refractivity contribution in [1.82, 2.24) is 5.32 Å². The fourth-order valence-corrected chi connectivity index (χ4v) is 2.20. The second-order valence-electron chi connectivity index (χ2n) is 4.65. The number of ether oxygens (including phenoxy) is 1. The van der Waals surface area contributed by atoms with Crippen LogP contribution in [0.5, 0.6) is 5.75 Å². The minimum Gasteiger partial charge on any atom is -0.494 e. The van der Waals surface area contributed by atoms with E-state index in [4.69, 9.17) is 4.74 Å². The summed E-state index contributed by atoms with van der Waals surface area (Å²) in [6.45, 7) is 5.71. The minimum absolute atomic E-state index is 0.703. The van der Waals surface area contributed by atoms with E-state index in [1.165, 1.54) is 22.3 Å². The molecule has 2 nitrogen and oxygen atoms in total. The van der Waals surface area contributed by atoms with Gasteiger partial charge in [-0.2, -0.15) is 0 Å². The van der Waals surface area contributed by atoms with Gasteiger partial charge in [-0.3, -0.25) is 0 Å². The van der Waals surface area contributed by atoms with Crippen molar-refractivity contribution in [2.75, 3.05) is 13.7 Å². The summed E-state index contributed by atoms with van der Waals surface area (Å²) < 4.78 is 5.49. The molecule has 0 saturated carbocycles. The number of rotatable bonds is 5. The van der Waals surface area contributed by atoms with Crippen LogP contribution in [0.25, 0.3) is 11.1 Å². The Labute approximate surface area is 115 Å². The van der Waals surface area contributed by atoms with E-state index in [-0.39, 0.29) is 0 Å². The molecular weight excluding hydrogens is 234 g/mol. The van der Waals surface area contributed by atoms with Crippen LogP contribution in [0.2, 0.25) is 0 Å². The molecule has 0 radical (unpaired) electrons. The lowest BCUT2D eigenvalue weighted by Crippen LogP contribution is -2.06. The van der Waals surface area contributed by atoms with Crippen molar-refractivity contribution in [3.05, 3.63) is 53.6 Å². The predicted octanol–water partition coefficient (Wildman–Crippen LogP) is 3.78. The molecule has 0 aliphatic carbocycles. The maximum atomic E-state index is 5.49. The van der Waals surface area contributed by atoms with Crippen LogP contribution in [0.4, 0.5) is 0 Å². The van der Waals surface area contributed by atoms with Crippen LogP contribution < -0.4 is 10.1 Å². The van der Waals surface area contributed by atoms with E-state index >= 15 is 0 Å². The first-order valence-electron chi connectivity index (χ1n) is 6.72. The molecule has 0 aliphatic heterocycles. The maximum absolute atomic E-state index is 5.49. The summed E-state index contributed by atoms with van der Waals surface area (Å²) in [6, 6.07) is 14.9. The summed E-state index contributed by atoms with van der Waals surface area (Å²) in [5, 5.41) is 3.22. The third-order valence-corrected chi connectivity index (χ3v) is 3.11. The molecule has 0 unspecified atom stereocenters. The fourth-order valence-electron chi connectivity index (χ4n) is 2.20. The zero-order valence-corrected chi connectivity index (χ0v) is 11.9. The van der Waals surface area contributed by atoms with Gasteiger partial charge < -0.3 is 10.1 Å². The SMILES string of the molecule is CCOc1ccc(-c2cc(C)ccc2CNC)cc1. The zero-order valence-electron chi connectivity index (χ0n) is 11.9. The Kier molecular flexibility index (Phi) is 4.58. The van der Waals surface area contributed by atoms with Gasteiger partial charge in [0.05, 0.1) is 6.61 Å². The smallest absolute Gasteiger partial charge is 0.119 e. The largest absolute Gasteiger partial charge is 0.494 e. The fraction of sp³-hybridized carbons (Fsp3) is 0.294. The average Bonchev–Trinajstić information content (AvgIpc) is 2.42.